The number of phenolic OH excluding ortho intramolecular Hbond substituents is 1. The SMILES string of the molecule is Oc1ccc2c(c1)CCC2NCC1(C2CC2)CC1. The van der Waals surface area contributed by atoms with Crippen LogP contribution in [-0.4, -0.2) is 11.7 Å². The lowest BCUT2D eigenvalue weighted by molar-refractivity contribution is 0.373. The van der Waals surface area contributed by atoms with E-state index in [1.165, 1.54) is 49.8 Å². The number of fused-ring (bicyclic) bond motifs is 1. The molecule has 2 heteroatoms. The monoisotopic (exact) mass is 243 g/mol. The largest absolute Gasteiger partial charge is 0.508 e. The molecule has 0 radical (unpaired) electrons. The molecule has 1 aromatic carbocycles. The second-order valence-electron chi connectivity index (χ2n) is 6.49. The molecule has 1 aromatic rings. The van der Waals surface area contributed by atoms with Crippen molar-refractivity contribution in [1.29, 1.82) is 0 Å². The van der Waals surface area contributed by atoms with Gasteiger partial charge in [-0.15, -0.1) is 0 Å². The molecule has 0 aliphatic heterocycles. The van der Waals surface area contributed by atoms with E-state index in [0.717, 1.165) is 12.3 Å². The molecular weight excluding hydrogens is 222 g/mol. The number of hydrogen-bond donors (Lipinski definition) is 2. The molecule has 0 saturated heterocycles. The van der Waals surface area contributed by atoms with E-state index in [1.807, 2.05) is 12.1 Å². The van der Waals surface area contributed by atoms with Gasteiger partial charge in [0.15, 0.2) is 0 Å². The van der Waals surface area contributed by atoms with Gasteiger partial charge in [-0.25, -0.2) is 0 Å². The molecule has 1 unspecified atom stereocenters. The van der Waals surface area contributed by atoms with Crippen LogP contribution in [0.1, 0.15) is 49.3 Å². The molecule has 96 valence electrons. The lowest BCUT2D eigenvalue weighted by Gasteiger charge is -2.20. The molecule has 1 atom stereocenters. The van der Waals surface area contributed by atoms with Gasteiger partial charge in [-0.1, -0.05) is 6.07 Å². The Hall–Kier alpha value is -1.02. The van der Waals surface area contributed by atoms with E-state index in [4.69, 9.17) is 0 Å². The lowest BCUT2D eigenvalue weighted by atomic mass is 9.99. The summed E-state index contributed by atoms with van der Waals surface area (Å²) < 4.78 is 0. The predicted molar refractivity (Wildman–Crippen MR) is 71.6 cm³/mol. The number of aromatic hydroxyl groups is 1. The summed E-state index contributed by atoms with van der Waals surface area (Å²) in [6, 6.07) is 6.39. The number of phenols is 1. The summed E-state index contributed by atoms with van der Waals surface area (Å²) >= 11 is 0. The second kappa shape index (κ2) is 3.74. The molecule has 18 heavy (non-hydrogen) atoms. The maximum Gasteiger partial charge on any atom is 0.115 e. The van der Waals surface area contributed by atoms with E-state index >= 15 is 0 Å². The van der Waals surface area contributed by atoms with Gasteiger partial charge in [0, 0.05) is 12.6 Å². The number of benzene rings is 1. The van der Waals surface area contributed by atoms with Crippen molar-refractivity contribution in [3.05, 3.63) is 29.3 Å². The van der Waals surface area contributed by atoms with E-state index in [9.17, 15) is 5.11 Å². The van der Waals surface area contributed by atoms with Crippen LogP contribution >= 0.6 is 0 Å². The molecule has 2 saturated carbocycles. The highest BCUT2D eigenvalue weighted by molar-refractivity contribution is 5.40. The van der Waals surface area contributed by atoms with Crippen molar-refractivity contribution in [2.24, 2.45) is 11.3 Å². The first kappa shape index (κ1) is 10.9. The van der Waals surface area contributed by atoms with E-state index < -0.39 is 0 Å². The smallest absolute Gasteiger partial charge is 0.115 e. The van der Waals surface area contributed by atoms with Crippen molar-refractivity contribution in [2.75, 3.05) is 6.54 Å². The second-order valence-corrected chi connectivity index (χ2v) is 6.49. The molecule has 0 bridgehead atoms. The van der Waals surface area contributed by atoms with Crippen molar-refractivity contribution in [1.82, 2.24) is 5.32 Å². The van der Waals surface area contributed by atoms with Crippen molar-refractivity contribution >= 4 is 0 Å². The summed E-state index contributed by atoms with van der Waals surface area (Å²) in [6.07, 6.45) is 8.13. The number of aryl methyl sites for hydroxylation is 1. The van der Waals surface area contributed by atoms with Crippen LogP contribution < -0.4 is 5.32 Å². The minimum absolute atomic E-state index is 0.408. The van der Waals surface area contributed by atoms with Crippen LogP contribution in [0.3, 0.4) is 0 Å². The number of rotatable bonds is 4. The van der Waals surface area contributed by atoms with Crippen LogP contribution in [0, 0.1) is 11.3 Å². The molecule has 2 fully saturated rings. The maximum atomic E-state index is 9.51. The Bertz CT molecular complexity index is 474. The minimum Gasteiger partial charge on any atom is -0.508 e. The van der Waals surface area contributed by atoms with Gasteiger partial charge in [0.1, 0.15) is 5.75 Å². The Morgan fingerprint density at radius 1 is 1.22 bits per heavy atom. The van der Waals surface area contributed by atoms with Crippen LogP contribution in [0.15, 0.2) is 18.2 Å². The van der Waals surface area contributed by atoms with Crippen LogP contribution in [0.4, 0.5) is 0 Å². The van der Waals surface area contributed by atoms with Crippen LogP contribution in [0.5, 0.6) is 5.75 Å². The first-order chi connectivity index (χ1) is 8.77. The van der Waals surface area contributed by atoms with Crippen molar-refractivity contribution in [2.45, 2.75) is 44.6 Å². The fraction of sp³-hybridized carbons (Fsp3) is 0.625. The zero-order valence-electron chi connectivity index (χ0n) is 10.8. The van der Waals surface area contributed by atoms with Gasteiger partial charge in [-0.2, -0.15) is 0 Å². The Morgan fingerprint density at radius 3 is 2.78 bits per heavy atom. The zero-order chi connectivity index (χ0) is 12.2. The average molecular weight is 243 g/mol. The molecule has 2 N–H and O–H groups in total. The third kappa shape index (κ3) is 1.74. The van der Waals surface area contributed by atoms with Gasteiger partial charge in [0.2, 0.25) is 0 Å². The Labute approximate surface area is 108 Å². The first-order valence-corrected chi connectivity index (χ1v) is 7.32. The molecular formula is C16H21NO. The molecule has 3 aliphatic rings. The van der Waals surface area contributed by atoms with E-state index in [0.29, 0.717) is 17.2 Å². The summed E-state index contributed by atoms with van der Waals surface area (Å²) in [4.78, 5) is 0. The van der Waals surface area contributed by atoms with Crippen LogP contribution in [-0.2, 0) is 6.42 Å². The number of nitrogens with one attached hydrogen (secondary N) is 1. The summed E-state index contributed by atoms with van der Waals surface area (Å²) in [6.45, 7) is 1.21. The average Bonchev–Trinajstić information content (AvgIpc) is 3.24. The third-order valence-corrected chi connectivity index (χ3v) is 5.24. The minimum atomic E-state index is 0.408. The quantitative estimate of drug-likeness (QED) is 0.851. The Kier molecular flexibility index (Phi) is 2.25. The van der Waals surface area contributed by atoms with Gasteiger partial charge in [0.25, 0.3) is 0 Å². The van der Waals surface area contributed by atoms with Crippen molar-refractivity contribution in [3.8, 4) is 5.75 Å². The molecule has 3 aliphatic carbocycles. The first-order valence-electron chi connectivity index (χ1n) is 7.32. The van der Waals surface area contributed by atoms with Crippen LogP contribution in [0.2, 0.25) is 0 Å². The van der Waals surface area contributed by atoms with E-state index in [1.54, 1.807) is 0 Å². The normalized spacial score (nSPS) is 28.1. The third-order valence-electron chi connectivity index (χ3n) is 5.24. The van der Waals surface area contributed by atoms with Gasteiger partial charge >= 0.3 is 0 Å². The highest BCUT2D eigenvalue weighted by atomic mass is 16.3. The fourth-order valence-electron chi connectivity index (χ4n) is 3.73. The van der Waals surface area contributed by atoms with Crippen LogP contribution in [0.25, 0.3) is 0 Å². The van der Waals surface area contributed by atoms with E-state index in [2.05, 4.69) is 11.4 Å². The molecule has 4 rings (SSSR count). The summed E-state index contributed by atoms with van der Waals surface area (Å²) in [5.74, 6) is 1.44. The van der Waals surface area contributed by atoms with Gasteiger partial charge < -0.3 is 10.4 Å². The van der Waals surface area contributed by atoms with Gasteiger partial charge in [-0.3, -0.25) is 0 Å². The molecule has 2 nitrogen and oxygen atoms in total. The Balaban J connectivity index is 1.45. The topological polar surface area (TPSA) is 32.3 Å². The fourth-order valence-corrected chi connectivity index (χ4v) is 3.73. The summed E-state index contributed by atoms with van der Waals surface area (Å²) in [5.41, 5.74) is 3.43. The summed E-state index contributed by atoms with van der Waals surface area (Å²) in [5, 5.41) is 13.3. The van der Waals surface area contributed by atoms with Gasteiger partial charge in [0.05, 0.1) is 0 Å². The molecule has 0 aromatic heterocycles. The molecule has 0 spiro atoms. The van der Waals surface area contributed by atoms with Crippen molar-refractivity contribution < 1.29 is 5.11 Å². The Morgan fingerprint density at radius 2 is 2.06 bits per heavy atom. The molecule has 0 heterocycles. The van der Waals surface area contributed by atoms with E-state index in [-0.39, 0.29) is 0 Å². The number of hydrogen-bond acceptors (Lipinski definition) is 2. The standard InChI is InChI=1S/C16H21NO/c18-13-4-5-14-11(9-13)1-6-15(14)17-10-16(7-8-16)12-2-3-12/h4-5,9,12,15,17-18H,1-3,6-8,10H2. The highest BCUT2D eigenvalue weighted by Crippen LogP contribution is 2.61. The van der Waals surface area contributed by atoms with Crippen molar-refractivity contribution in [3.63, 3.8) is 0 Å². The van der Waals surface area contributed by atoms with Gasteiger partial charge in [-0.05, 0) is 73.1 Å². The molecule has 0 amide bonds. The lowest BCUT2D eigenvalue weighted by Crippen LogP contribution is -2.28. The maximum absolute atomic E-state index is 9.51. The highest BCUT2D eigenvalue weighted by Gasteiger charge is 2.53. The summed E-state index contributed by atoms with van der Waals surface area (Å²) in [7, 11) is 0. The predicted octanol–water partition coefficient (Wildman–Crippen LogP) is 3.16. The zero-order valence-corrected chi connectivity index (χ0v) is 10.8.